The second kappa shape index (κ2) is 7.26. The van der Waals surface area contributed by atoms with Crippen molar-refractivity contribution in [1.29, 1.82) is 0 Å². The molecule has 0 aliphatic heterocycles. The number of hydrogen-bond acceptors (Lipinski definition) is 3. The molecule has 0 unspecified atom stereocenters. The van der Waals surface area contributed by atoms with Crippen molar-refractivity contribution in [3.05, 3.63) is 86.9 Å². The minimum atomic E-state index is -1.28. The molecule has 3 nitrogen and oxygen atoms in total. The number of carbonyl (C=O) groups excluding carboxylic acids is 2. The fourth-order valence-electron chi connectivity index (χ4n) is 2.90. The SMILES string of the molecule is O=C(/C=C/C1=C(C(=O)[O-])Cc2cc(Cl)cc(Cl)c21)Cc1ccccc1. The lowest BCUT2D eigenvalue weighted by atomic mass is 10.0. The van der Waals surface area contributed by atoms with E-state index < -0.39 is 5.97 Å². The Balaban J connectivity index is 1.91. The number of aliphatic carboxylic acids is 1. The normalized spacial score (nSPS) is 13.4. The first-order valence-corrected chi connectivity index (χ1v) is 8.39. The molecule has 126 valence electrons. The van der Waals surface area contributed by atoms with Gasteiger partial charge in [0.05, 0.1) is 11.0 Å². The van der Waals surface area contributed by atoms with E-state index in [2.05, 4.69) is 0 Å². The van der Waals surface area contributed by atoms with E-state index >= 15 is 0 Å². The fourth-order valence-corrected chi connectivity index (χ4v) is 3.54. The van der Waals surface area contributed by atoms with Crippen LogP contribution in [-0.2, 0) is 22.4 Å². The van der Waals surface area contributed by atoms with E-state index in [1.807, 2.05) is 30.3 Å². The third kappa shape index (κ3) is 3.84. The quantitative estimate of drug-likeness (QED) is 0.756. The number of ketones is 1. The van der Waals surface area contributed by atoms with Crippen molar-refractivity contribution in [2.45, 2.75) is 12.8 Å². The second-order valence-corrected chi connectivity index (χ2v) is 6.58. The first-order chi connectivity index (χ1) is 12.0. The molecule has 0 spiro atoms. The van der Waals surface area contributed by atoms with Crippen LogP contribution in [0.4, 0.5) is 0 Å². The number of rotatable bonds is 5. The van der Waals surface area contributed by atoms with Gasteiger partial charge in [-0.2, -0.15) is 0 Å². The Kier molecular flexibility index (Phi) is 5.07. The standard InChI is InChI=1S/C20H14Cl2O3/c21-14-9-13-10-17(20(24)25)16(19(13)18(22)11-14)7-6-15(23)8-12-4-2-1-3-5-12/h1-7,9,11H,8,10H2,(H,24,25)/p-1/b7-6+. The molecule has 0 fully saturated rings. The predicted molar refractivity (Wildman–Crippen MR) is 96.4 cm³/mol. The molecule has 1 aliphatic rings. The molecule has 3 rings (SSSR count). The molecule has 0 saturated heterocycles. The zero-order valence-electron chi connectivity index (χ0n) is 13.1. The van der Waals surface area contributed by atoms with Gasteiger partial charge in [0, 0.05) is 23.4 Å². The van der Waals surface area contributed by atoms with Crippen LogP contribution in [0.2, 0.25) is 10.0 Å². The Labute approximate surface area is 155 Å². The molecule has 5 heteroatoms. The Morgan fingerprint density at radius 3 is 2.52 bits per heavy atom. The summed E-state index contributed by atoms with van der Waals surface area (Å²) in [6.07, 6.45) is 3.30. The number of carboxylic acids is 1. The van der Waals surface area contributed by atoms with Crippen molar-refractivity contribution in [2.75, 3.05) is 0 Å². The summed E-state index contributed by atoms with van der Waals surface area (Å²) in [5.41, 5.74) is 2.70. The maximum absolute atomic E-state index is 12.2. The van der Waals surface area contributed by atoms with Crippen molar-refractivity contribution in [3.8, 4) is 0 Å². The number of hydrogen-bond donors (Lipinski definition) is 0. The van der Waals surface area contributed by atoms with Crippen molar-refractivity contribution in [1.82, 2.24) is 0 Å². The molecule has 2 aromatic carbocycles. The monoisotopic (exact) mass is 371 g/mol. The van der Waals surface area contributed by atoms with Gasteiger partial charge >= 0.3 is 0 Å². The van der Waals surface area contributed by atoms with Crippen LogP contribution in [0.25, 0.3) is 5.57 Å². The highest BCUT2D eigenvalue weighted by molar-refractivity contribution is 6.36. The molecule has 0 heterocycles. The van der Waals surface area contributed by atoms with Crippen LogP contribution < -0.4 is 5.11 Å². The summed E-state index contributed by atoms with van der Waals surface area (Å²) in [6, 6.07) is 12.6. The average Bonchev–Trinajstić information content (AvgIpc) is 2.93. The highest BCUT2D eigenvalue weighted by Gasteiger charge is 2.24. The molecule has 2 aromatic rings. The molecule has 0 bridgehead atoms. The van der Waals surface area contributed by atoms with Crippen LogP contribution >= 0.6 is 23.2 Å². The Morgan fingerprint density at radius 1 is 1.12 bits per heavy atom. The molecule has 0 atom stereocenters. The summed E-state index contributed by atoms with van der Waals surface area (Å²) in [6.45, 7) is 0. The third-order valence-electron chi connectivity index (χ3n) is 4.00. The van der Waals surface area contributed by atoms with Crippen LogP contribution in [0.15, 0.2) is 60.2 Å². The lowest BCUT2D eigenvalue weighted by Crippen LogP contribution is -2.25. The van der Waals surface area contributed by atoms with Crippen LogP contribution in [-0.4, -0.2) is 11.8 Å². The van der Waals surface area contributed by atoms with Gasteiger partial charge < -0.3 is 9.90 Å². The van der Waals surface area contributed by atoms with Gasteiger partial charge in [-0.3, -0.25) is 4.79 Å². The summed E-state index contributed by atoms with van der Waals surface area (Å²) in [7, 11) is 0. The van der Waals surface area contributed by atoms with Crippen molar-refractivity contribution < 1.29 is 14.7 Å². The Hall–Kier alpha value is -2.36. The van der Waals surface area contributed by atoms with E-state index in [1.165, 1.54) is 12.2 Å². The van der Waals surface area contributed by atoms with Crippen LogP contribution in [0.1, 0.15) is 16.7 Å². The Bertz CT molecular complexity index is 912. The number of fused-ring (bicyclic) bond motifs is 1. The number of benzene rings is 2. The molecule has 0 radical (unpaired) electrons. The van der Waals surface area contributed by atoms with Crippen molar-refractivity contribution in [3.63, 3.8) is 0 Å². The summed E-state index contributed by atoms with van der Waals surface area (Å²) in [5, 5.41) is 12.2. The van der Waals surface area contributed by atoms with E-state index in [4.69, 9.17) is 23.2 Å². The first-order valence-electron chi connectivity index (χ1n) is 7.63. The lowest BCUT2D eigenvalue weighted by Gasteiger charge is -2.07. The van der Waals surface area contributed by atoms with Crippen LogP contribution in [0.3, 0.4) is 0 Å². The fraction of sp³-hybridized carbons (Fsp3) is 0.100. The van der Waals surface area contributed by atoms with E-state index in [-0.39, 0.29) is 24.2 Å². The van der Waals surface area contributed by atoms with Crippen LogP contribution in [0, 0.1) is 0 Å². The van der Waals surface area contributed by atoms with E-state index in [1.54, 1.807) is 12.1 Å². The maximum Gasteiger partial charge on any atom is 0.160 e. The molecule has 0 saturated carbocycles. The number of halogens is 2. The van der Waals surface area contributed by atoms with E-state index in [0.717, 1.165) is 5.56 Å². The predicted octanol–water partition coefficient (Wildman–Crippen LogP) is 3.42. The van der Waals surface area contributed by atoms with Gasteiger partial charge in [0.1, 0.15) is 0 Å². The topological polar surface area (TPSA) is 57.2 Å². The first kappa shape index (κ1) is 17.5. The summed E-state index contributed by atoms with van der Waals surface area (Å²) in [4.78, 5) is 23.6. The third-order valence-corrected chi connectivity index (χ3v) is 4.52. The maximum atomic E-state index is 12.2. The van der Waals surface area contributed by atoms with E-state index in [9.17, 15) is 14.7 Å². The molecule has 1 aliphatic carbocycles. The van der Waals surface area contributed by atoms with Gasteiger partial charge in [-0.05, 0) is 40.5 Å². The van der Waals surface area contributed by atoms with Gasteiger partial charge in [-0.25, -0.2) is 0 Å². The van der Waals surface area contributed by atoms with E-state index in [0.29, 0.717) is 26.7 Å². The number of allylic oxidation sites excluding steroid dienone is 3. The zero-order valence-corrected chi connectivity index (χ0v) is 14.6. The van der Waals surface area contributed by atoms with Crippen molar-refractivity contribution in [2.24, 2.45) is 0 Å². The smallest absolute Gasteiger partial charge is 0.160 e. The lowest BCUT2D eigenvalue weighted by molar-refractivity contribution is -0.299. The highest BCUT2D eigenvalue weighted by atomic mass is 35.5. The minimum Gasteiger partial charge on any atom is -0.545 e. The summed E-state index contributed by atoms with van der Waals surface area (Å²) in [5.74, 6) is -1.41. The molecular formula is C20H13Cl2O3-. The highest BCUT2D eigenvalue weighted by Crippen LogP contribution is 2.40. The molecule has 0 aromatic heterocycles. The largest absolute Gasteiger partial charge is 0.545 e. The zero-order chi connectivity index (χ0) is 18.0. The Morgan fingerprint density at radius 2 is 1.84 bits per heavy atom. The minimum absolute atomic E-state index is 0.0999. The average molecular weight is 372 g/mol. The number of carboxylic acid groups (broad SMARTS) is 1. The van der Waals surface area contributed by atoms with Crippen molar-refractivity contribution >= 4 is 40.5 Å². The van der Waals surface area contributed by atoms with Crippen LogP contribution in [0.5, 0.6) is 0 Å². The van der Waals surface area contributed by atoms with Gasteiger partial charge in [0.2, 0.25) is 0 Å². The van der Waals surface area contributed by atoms with Gasteiger partial charge in [-0.1, -0.05) is 59.6 Å². The molecule has 0 N–H and O–H groups in total. The molecular weight excluding hydrogens is 359 g/mol. The second-order valence-electron chi connectivity index (χ2n) is 5.74. The van der Waals surface area contributed by atoms with Gasteiger partial charge in [0.15, 0.2) is 5.78 Å². The summed E-state index contributed by atoms with van der Waals surface area (Å²) < 4.78 is 0. The van der Waals surface area contributed by atoms with Gasteiger partial charge in [0.25, 0.3) is 0 Å². The number of carbonyl (C=O) groups is 2. The molecule has 25 heavy (non-hydrogen) atoms. The molecule has 0 amide bonds. The summed E-state index contributed by atoms with van der Waals surface area (Å²) >= 11 is 12.2. The van der Waals surface area contributed by atoms with Gasteiger partial charge in [-0.15, -0.1) is 0 Å².